The summed E-state index contributed by atoms with van der Waals surface area (Å²) < 4.78 is 0. The van der Waals surface area contributed by atoms with Gasteiger partial charge in [-0.25, -0.2) is 19.8 Å². The molecule has 0 amide bonds. The van der Waals surface area contributed by atoms with Crippen LogP contribution in [-0.4, -0.2) is 15.0 Å². The van der Waals surface area contributed by atoms with Gasteiger partial charge in [-0.1, -0.05) is 206 Å². The Hall–Kier alpha value is -8.52. The Morgan fingerprint density at radius 3 is 1.22 bits per heavy atom. The Morgan fingerprint density at radius 1 is 0.317 bits per heavy atom. The van der Waals surface area contributed by atoms with E-state index in [1.54, 1.807) is 0 Å². The molecule has 1 aromatic heterocycles. The minimum Gasteiger partial charge on any atom is -0.238 e. The Kier molecular flexibility index (Phi) is 9.41. The molecule has 0 N–H and O–H groups in total. The van der Waals surface area contributed by atoms with E-state index in [0.717, 1.165) is 66.8 Å². The maximum atomic E-state index is 8.03. The van der Waals surface area contributed by atoms with E-state index < -0.39 is 5.41 Å². The Balaban J connectivity index is 1.10. The first kappa shape index (κ1) is 37.5. The van der Waals surface area contributed by atoms with E-state index in [1.807, 2.05) is 18.2 Å². The quantitative estimate of drug-likeness (QED) is 0.144. The van der Waals surface area contributed by atoms with Crippen molar-refractivity contribution in [2.45, 2.75) is 5.41 Å². The minimum atomic E-state index is -0.595. The normalized spacial score (nSPS) is 12.2. The van der Waals surface area contributed by atoms with Crippen LogP contribution < -0.4 is 0 Å². The van der Waals surface area contributed by atoms with Gasteiger partial charge >= 0.3 is 0 Å². The summed E-state index contributed by atoms with van der Waals surface area (Å²) in [5, 5.41) is 0. The van der Waals surface area contributed by atoms with Crippen LogP contribution in [0.25, 0.3) is 83.5 Å². The molecule has 0 saturated heterocycles. The molecule has 63 heavy (non-hydrogen) atoms. The molecular weight excluding hydrogens is 765 g/mol. The van der Waals surface area contributed by atoms with Gasteiger partial charge in [0, 0.05) is 16.7 Å². The predicted molar refractivity (Wildman–Crippen MR) is 256 cm³/mol. The molecule has 0 fully saturated rings. The fourth-order valence-corrected chi connectivity index (χ4v) is 9.37. The van der Waals surface area contributed by atoms with Crippen LogP contribution in [-0.2, 0) is 5.41 Å². The highest BCUT2D eigenvalue weighted by Crippen LogP contribution is 2.59. The lowest BCUT2D eigenvalue weighted by atomic mass is 9.67. The molecule has 0 radical (unpaired) electrons. The molecule has 0 unspecified atom stereocenters. The lowest BCUT2D eigenvalue weighted by Crippen LogP contribution is -2.28. The first-order chi connectivity index (χ1) is 31.2. The van der Waals surface area contributed by atoms with Crippen LogP contribution >= 0.6 is 0 Å². The average molecular weight is 803 g/mol. The van der Waals surface area contributed by atoms with Gasteiger partial charge in [-0.3, -0.25) is 0 Å². The number of hydrogen-bond acceptors (Lipinski definition) is 3. The second kappa shape index (κ2) is 15.8. The first-order valence-corrected chi connectivity index (χ1v) is 21.1. The summed E-state index contributed by atoms with van der Waals surface area (Å²) in [5.74, 6) is 1.78. The highest BCUT2D eigenvalue weighted by Gasteiger charge is 2.46. The van der Waals surface area contributed by atoms with Gasteiger partial charge in [0.25, 0.3) is 0 Å². The van der Waals surface area contributed by atoms with Gasteiger partial charge in [-0.05, 0) is 91.0 Å². The number of nitrogens with zero attached hydrogens (tertiary/aromatic N) is 4. The topological polar surface area (TPSA) is 43.0 Å². The zero-order valence-electron chi connectivity index (χ0n) is 34.2. The largest absolute Gasteiger partial charge is 0.238 e. The number of fused-ring (bicyclic) bond motifs is 3. The maximum Gasteiger partial charge on any atom is 0.187 e. The van der Waals surface area contributed by atoms with Crippen molar-refractivity contribution in [3.63, 3.8) is 0 Å². The van der Waals surface area contributed by atoms with E-state index in [-0.39, 0.29) is 0 Å². The SMILES string of the molecule is [C-]#[N+]c1ccc2c(c1)-c1c(-c3cccc(-c4nc(-c5cccc(-c6ccccc6)c5)nc(-c5cccc(-c6ccccc6)c5)n4)c3)cccc1C2(c1ccccc1)c1ccccc1. The van der Waals surface area contributed by atoms with Gasteiger partial charge < -0.3 is 0 Å². The highest BCUT2D eigenvalue weighted by atomic mass is 15.0. The van der Waals surface area contributed by atoms with Crippen molar-refractivity contribution in [2.75, 3.05) is 0 Å². The van der Waals surface area contributed by atoms with Crippen molar-refractivity contribution in [3.8, 4) is 78.7 Å². The van der Waals surface area contributed by atoms with Gasteiger partial charge in [0.05, 0.1) is 12.0 Å². The van der Waals surface area contributed by atoms with E-state index in [2.05, 4.69) is 217 Å². The summed E-state index contributed by atoms with van der Waals surface area (Å²) in [4.78, 5) is 19.5. The van der Waals surface area contributed by atoms with Crippen molar-refractivity contribution in [3.05, 3.63) is 264 Å². The van der Waals surface area contributed by atoms with Gasteiger partial charge in [0.1, 0.15) is 0 Å². The molecule has 1 aliphatic carbocycles. The zero-order chi connectivity index (χ0) is 42.2. The van der Waals surface area contributed by atoms with Gasteiger partial charge in [0.15, 0.2) is 23.2 Å². The van der Waals surface area contributed by atoms with Crippen LogP contribution in [0.1, 0.15) is 22.3 Å². The molecule has 1 aliphatic rings. The Bertz CT molecular complexity index is 3200. The van der Waals surface area contributed by atoms with Crippen LogP contribution in [0, 0.1) is 6.57 Å². The molecule has 9 aromatic carbocycles. The summed E-state index contributed by atoms with van der Waals surface area (Å²) in [6.45, 7) is 8.03. The standard InChI is InChI=1S/C59H38N4/c1-60-50-34-35-53-52(39-50)55-51(32-17-33-54(55)59(53,48-28-10-4-11-29-48)49-30-12-5-13-31-49)44-24-16-27-47(38-44)58-62-56(45-25-14-22-42(36-45)40-18-6-2-7-19-40)61-57(63-58)46-26-15-23-43(37-46)41-20-8-3-9-21-41/h2-39H. The number of benzene rings is 9. The van der Waals surface area contributed by atoms with Crippen molar-refractivity contribution in [1.82, 2.24) is 15.0 Å². The third-order valence-corrected chi connectivity index (χ3v) is 12.2. The summed E-state index contributed by atoms with van der Waals surface area (Å²) in [6, 6.07) is 80.5. The van der Waals surface area contributed by atoms with Crippen LogP contribution in [0.2, 0.25) is 0 Å². The second-order valence-electron chi connectivity index (χ2n) is 15.8. The van der Waals surface area contributed by atoms with Crippen LogP contribution in [0.15, 0.2) is 231 Å². The molecule has 294 valence electrons. The van der Waals surface area contributed by atoms with Crippen LogP contribution in [0.3, 0.4) is 0 Å². The van der Waals surface area contributed by atoms with Crippen molar-refractivity contribution < 1.29 is 0 Å². The molecule has 0 spiro atoms. The van der Waals surface area contributed by atoms with Gasteiger partial charge in [-0.15, -0.1) is 0 Å². The molecular formula is C59H38N4. The van der Waals surface area contributed by atoms with E-state index in [9.17, 15) is 0 Å². The van der Waals surface area contributed by atoms with E-state index in [4.69, 9.17) is 21.5 Å². The number of aromatic nitrogens is 3. The predicted octanol–water partition coefficient (Wildman–Crippen LogP) is 14.8. The van der Waals surface area contributed by atoms with E-state index >= 15 is 0 Å². The molecule has 11 rings (SSSR count). The molecule has 0 atom stereocenters. The molecule has 4 nitrogen and oxygen atoms in total. The first-order valence-electron chi connectivity index (χ1n) is 21.1. The van der Waals surface area contributed by atoms with E-state index in [0.29, 0.717) is 23.2 Å². The smallest absolute Gasteiger partial charge is 0.187 e. The molecule has 0 aliphatic heterocycles. The Morgan fingerprint density at radius 2 is 0.730 bits per heavy atom. The molecule has 0 bridgehead atoms. The average Bonchev–Trinajstić information content (AvgIpc) is 3.68. The third-order valence-electron chi connectivity index (χ3n) is 12.2. The molecule has 0 saturated carbocycles. The summed E-state index contributed by atoms with van der Waals surface area (Å²) in [6.07, 6.45) is 0. The fraction of sp³-hybridized carbons (Fsp3) is 0.0169. The number of hydrogen-bond donors (Lipinski definition) is 0. The van der Waals surface area contributed by atoms with Gasteiger partial charge in [-0.2, -0.15) is 0 Å². The lowest BCUT2D eigenvalue weighted by molar-refractivity contribution is 0.769. The summed E-state index contributed by atoms with van der Waals surface area (Å²) >= 11 is 0. The highest BCUT2D eigenvalue weighted by molar-refractivity contribution is 5.97. The fourth-order valence-electron chi connectivity index (χ4n) is 9.37. The van der Waals surface area contributed by atoms with E-state index in [1.165, 1.54) is 16.7 Å². The van der Waals surface area contributed by atoms with Crippen LogP contribution in [0.5, 0.6) is 0 Å². The zero-order valence-corrected chi connectivity index (χ0v) is 34.2. The second-order valence-corrected chi connectivity index (χ2v) is 15.8. The summed E-state index contributed by atoms with van der Waals surface area (Å²) in [5.41, 5.74) is 16.1. The molecule has 10 aromatic rings. The van der Waals surface area contributed by atoms with Crippen molar-refractivity contribution in [1.29, 1.82) is 0 Å². The number of rotatable bonds is 8. The summed E-state index contributed by atoms with van der Waals surface area (Å²) in [7, 11) is 0. The van der Waals surface area contributed by atoms with Crippen LogP contribution in [0.4, 0.5) is 5.69 Å². The van der Waals surface area contributed by atoms with Gasteiger partial charge in [0.2, 0.25) is 0 Å². The minimum absolute atomic E-state index is 0.582. The van der Waals surface area contributed by atoms with Crippen molar-refractivity contribution in [2.24, 2.45) is 0 Å². The third kappa shape index (κ3) is 6.61. The lowest BCUT2D eigenvalue weighted by Gasteiger charge is -2.34. The van der Waals surface area contributed by atoms with Crippen molar-refractivity contribution >= 4 is 5.69 Å². The molecule has 4 heteroatoms. The Labute approximate surface area is 367 Å². The monoisotopic (exact) mass is 802 g/mol. The molecule has 1 heterocycles. The maximum absolute atomic E-state index is 8.03.